The lowest BCUT2D eigenvalue weighted by Gasteiger charge is -2.34. The molecule has 29 heavy (non-hydrogen) atoms. The molecule has 4 rings (SSSR count). The summed E-state index contributed by atoms with van der Waals surface area (Å²) >= 11 is 4.87. The highest BCUT2D eigenvalue weighted by atomic mass is 79.9. The van der Waals surface area contributed by atoms with E-state index in [-0.39, 0.29) is 6.42 Å². The molecule has 0 aliphatic heterocycles. The molecule has 1 aromatic heterocycles. The molecule has 0 bridgehead atoms. The summed E-state index contributed by atoms with van der Waals surface area (Å²) in [5.41, 5.74) is 3.81. The maximum absolute atomic E-state index is 12.9. The second kappa shape index (κ2) is 8.00. The minimum atomic E-state index is -1.07. The summed E-state index contributed by atoms with van der Waals surface area (Å²) in [5, 5.41) is 10.1. The van der Waals surface area contributed by atoms with Crippen LogP contribution in [0.25, 0.3) is 11.1 Å². The van der Waals surface area contributed by atoms with Gasteiger partial charge in [-0.1, -0.05) is 48.5 Å². The molecule has 0 spiro atoms. The Labute approximate surface area is 180 Å². The minimum absolute atomic E-state index is 0.196. The molecule has 5 nitrogen and oxygen atoms in total. The molecule has 1 aliphatic carbocycles. The van der Waals surface area contributed by atoms with Gasteiger partial charge in [0.05, 0.1) is 16.9 Å². The number of aliphatic carboxylic acids is 1. The largest absolute Gasteiger partial charge is 0.480 e. The van der Waals surface area contributed by atoms with Crippen molar-refractivity contribution in [2.75, 3.05) is 7.11 Å². The monoisotopic (exact) mass is 471 g/mol. The Balaban J connectivity index is 1.84. The third-order valence-electron chi connectivity index (χ3n) is 5.11. The SMILES string of the molecule is COC(=O)N(C1c2ccccc2-c2ccccc21)[C@@H](Cc1ccc(Br)s1)C(=O)O. The third kappa shape index (κ3) is 3.56. The molecule has 2 aromatic carbocycles. The van der Waals surface area contributed by atoms with E-state index in [4.69, 9.17) is 4.74 Å². The molecule has 0 fully saturated rings. The van der Waals surface area contributed by atoms with Crippen molar-refractivity contribution >= 4 is 39.3 Å². The van der Waals surface area contributed by atoms with Crippen molar-refractivity contribution in [2.24, 2.45) is 0 Å². The number of carboxylic acid groups (broad SMARTS) is 1. The first-order valence-corrected chi connectivity index (χ1v) is 10.6. The number of hydrogen-bond donors (Lipinski definition) is 1. The first-order valence-electron chi connectivity index (χ1n) is 9.02. The Morgan fingerprint density at radius 1 is 1.07 bits per heavy atom. The van der Waals surface area contributed by atoms with Crippen LogP contribution in [-0.4, -0.2) is 35.2 Å². The number of methoxy groups -OCH3 is 1. The van der Waals surface area contributed by atoms with Crippen molar-refractivity contribution in [3.63, 3.8) is 0 Å². The first-order chi connectivity index (χ1) is 14.0. The smallest absolute Gasteiger partial charge is 0.411 e. The molecule has 0 saturated carbocycles. The number of rotatable bonds is 5. The van der Waals surface area contributed by atoms with Gasteiger partial charge in [-0.05, 0) is 50.3 Å². The molecular formula is C22H18BrNO4S. The fraction of sp³-hybridized carbons (Fsp3) is 0.182. The molecule has 1 heterocycles. The van der Waals surface area contributed by atoms with Gasteiger partial charge in [-0.25, -0.2) is 9.59 Å². The fourth-order valence-corrected chi connectivity index (χ4v) is 5.42. The third-order valence-corrected chi connectivity index (χ3v) is 6.75. The Hall–Kier alpha value is -2.64. The minimum Gasteiger partial charge on any atom is -0.480 e. The molecule has 0 unspecified atom stereocenters. The van der Waals surface area contributed by atoms with E-state index >= 15 is 0 Å². The highest BCUT2D eigenvalue weighted by Gasteiger charge is 2.42. The average Bonchev–Trinajstić information content (AvgIpc) is 3.28. The maximum Gasteiger partial charge on any atom is 0.411 e. The van der Waals surface area contributed by atoms with E-state index in [0.717, 1.165) is 30.9 Å². The Kier molecular flexibility index (Phi) is 5.43. The molecular weight excluding hydrogens is 454 g/mol. The van der Waals surface area contributed by atoms with Gasteiger partial charge in [0, 0.05) is 11.3 Å². The maximum atomic E-state index is 12.9. The van der Waals surface area contributed by atoms with Crippen LogP contribution < -0.4 is 0 Å². The van der Waals surface area contributed by atoms with Crippen LogP contribution in [0.1, 0.15) is 22.0 Å². The number of amides is 1. The first kappa shape index (κ1) is 19.7. The summed E-state index contributed by atoms with van der Waals surface area (Å²) in [6.07, 6.45) is -0.467. The van der Waals surface area contributed by atoms with E-state index in [1.807, 2.05) is 60.7 Å². The Bertz CT molecular complexity index is 1030. The number of carbonyl (C=O) groups is 2. The number of nitrogens with zero attached hydrogens (tertiary/aromatic N) is 1. The van der Waals surface area contributed by atoms with Gasteiger partial charge in [0.15, 0.2) is 0 Å². The predicted molar refractivity (Wildman–Crippen MR) is 115 cm³/mol. The number of carbonyl (C=O) groups excluding carboxylic acids is 1. The summed E-state index contributed by atoms with van der Waals surface area (Å²) in [6, 6.07) is 17.7. The van der Waals surface area contributed by atoms with E-state index in [9.17, 15) is 14.7 Å². The quantitative estimate of drug-likeness (QED) is 0.544. The number of benzene rings is 2. The van der Waals surface area contributed by atoms with E-state index in [1.165, 1.54) is 23.3 Å². The van der Waals surface area contributed by atoms with E-state index in [2.05, 4.69) is 15.9 Å². The van der Waals surface area contributed by atoms with Crippen molar-refractivity contribution in [2.45, 2.75) is 18.5 Å². The molecule has 1 amide bonds. The van der Waals surface area contributed by atoms with Crippen LogP contribution in [0.2, 0.25) is 0 Å². The van der Waals surface area contributed by atoms with Gasteiger partial charge >= 0.3 is 12.1 Å². The van der Waals surface area contributed by atoms with Crippen LogP contribution >= 0.6 is 27.3 Å². The van der Waals surface area contributed by atoms with Crippen LogP contribution in [0, 0.1) is 0 Å². The number of halogens is 1. The molecule has 1 atom stereocenters. The summed E-state index contributed by atoms with van der Waals surface area (Å²) in [7, 11) is 1.28. The molecule has 1 N–H and O–H groups in total. The second-order valence-electron chi connectivity index (χ2n) is 6.72. The lowest BCUT2D eigenvalue weighted by molar-refractivity contribution is -0.143. The van der Waals surface area contributed by atoms with Gasteiger partial charge < -0.3 is 9.84 Å². The highest BCUT2D eigenvalue weighted by molar-refractivity contribution is 9.11. The van der Waals surface area contributed by atoms with Gasteiger partial charge in [0.2, 0.25) is 0 Å². The standard InChI is InChI=1S/C22H18BrNO4S/c1-28-22(27)24(18(21(25)26)12-13-10-11-19(23)29-13)20-16-8-4-2-6-14(16)15-7-3-5-9-17(15)20/h2-11,18,20H,12H2,1H3,(H,25,26)/t18-/m0/s1. The van der Waals surface area contributed by atoms with E-state index in [0.29, 0.717) is 0 Å². The molecule has 148 valence electrons. The van der Waals surface area contributed by atoms with Crippen LogP contribution in [0.15, 0.2) is 64.5 Å². The topological polar surface area (TPSA) is 66.8 Å². The van der Waals surface area contributed by atoms with Crippen LogP contribution in [0.5, 0.6) is 0 Å². The van der Waals surface area contributed by atoms with Crippen LogP contribution in [-0.2, 0) is 16.0 Å². The normalized spacial score (nSPS) is 13.4. The van der Waals surface area contributed by atoms with Gasteiger partial charge in [-0.2, -0.15) is 0 Å². The lowest BCUT2D eigenvalue weighted by atomic mass is 10.00. The van der Waals surface area contributed by atoms with Gasteiger partial charge in [-0.3, -0.25) is 4.90 Å². The second-order valence-corrected chi connectivity index (χ2v) is 9.27. The molecule has 0 saturated heterocycles. The van der Waals surface area contributed by atoms with E-state index < -0.39 is 24.1 Å². The number of fused-ring (bicyclic) bond motifs is 3. The van der Waals surface area contributed by atoms with Gasteiger partial charge in [0.25, 0.3) is 0 Å². The van der Waals surface area contributed by atoms with Gasteiger partial charge in [-0.15, -0.1) is 11.3 Å². The number of ether oxygens (including phenoxy) is 1. The molecule has 7 heteroatoms. The van der Waals surface area contributed by atoms with Crippen LogP contribution in [0.4, 0.5) is 4.79 Å². The van der Waals surface area contributed by atoms with Crippen molar-refractivity contribution in [1.29, 1.82) is 0 Å². The number of thiophene rings is 1. The molecule has 3 aromatic rings. The lowest BCUT2D eigenvalue weighted by Crippen LogP contribution is -2.48. The number of carboxylic acids is 1. The molecule has 0 radical (unpaired) electrons. The zero-order valence-electron chi connectivity index (χ0n) is 15.5. The highest BCUT2D eigenvalue weighted by Crippen LogP contribution is 2.47. The van der Waals surface area contributed by atoms with Gasteiger partial charge in [0.1, 0.15) is 6.04 Å². The summed E-state index contributed by atoms with van der Waals surface area (Å²) < 4.78 is 5.96. The zero-order valence-corrected chi connectivity index (χ0v) is 17.9. The summed E-state index contributed by atoms with van der Waals surface area (Å²) in [6.45, 7) is 0. The Morgan fingerprint density at radius 2 is 1.66 bits per heavy atom. The fourth-order valence-electron chi connectivity index (χ4n) is 3.90. The average molecular weight is 472 g/mol. The predicted octanol–water partition coefficient (Wildman–Crippen LogP) is 5.34. The summed E-state index contributed by atoms with van der Waals surface area (Å²) in [5.74, 6) is -1.07. The van der Waals surface area contributed by atoms with Crippen molar-refractivity contribution in [3.05, 3.63) is 80.5 Å². The molecule has 1 aliphatic rings. The summed E-state index contributed by atoms with van der Waals surface area (Å²) in [4.78, 5) is 27.4. The van der Waals surface area contributed by atoms with Crippen molar-refractivity contribution in [3.8, 4) is 11.1 Å². The van der Waals surface area contributed by atoms with Crippen molar-refractivity contribution < 1.29 is 19.4 Å². The van der Waals surface area contributed by atoms with E-state index in [1.54, 1.807) is 0 Å². The van der Waals surface area contributed by atoms with Crippen LogP contribution in [0.3, 0.4) is 0 Å². The van der Waals surface area contributed by atoms with Crippen molar-refractivity contribution in [1.82, 2.24) is 4.90 Å². The zero-order chi connectivity index (χ0) is 20.5. The Morgan fingerprint density at radius 3 is 2.14 bits per heavy atom. The number of hydrogen-bond acceptors (Lipinski definition) is 4.